The minimum Gasteiger partial charge on any atom is -0.317 e. The number of fused-ring (bicyclic) bond motifs is 8. The molecule has 6 rings (SSSR count). The van der Waals surface area contributed by atoms with Crippen LogP contribution in [0.15, 0.2) is 72.8 Å². The van der Waals surface area contributed by atoms with E-state index in [9.17, 15) is 13.2 Å². The van der Waals surface area contributed by atoms with Crippen molar-refractivity contribution in [1.29, 1.82) is 0 Å². The van der Waals surface area contributed by atoms with Crippen molar-refractivity contribution in [3.05, 3.63) is 83.9 Å². The Morgan fingerprint density at radius 1 is 0.806 bits per heavy atom. The standard InChI is InChI=1S/C26H23F3N2/c1-3-25-16-24(25,2)23-30(19-12-6-4-10-17(19)25)21-14-8-9-15-22(21)31(23)20-13-7-5-11-18(20)26(27,28)29/h4-15,23H,3,16H2,1-2H3. The number of para-hydroxylation sites is 4. The van der Waals surface area contributed by atoms with Crippen LogP contribution in [0.3, 0.4) is 0 Å². The first-order valence-electron chi connectivity index (χ1n) is 10.8. The van der Waals surface area contributed by atoms with Crippen molar-refractivity contribution < 1.29 is 13.2 Å². The fraction of sp³-hybridized carbons (Fsp3) is 0.308. The highest BCUT2D eigenvalue weighted by Gasteiger charge is 2.74. The van der Waals surface area contributed by atoms with Gasteiger partial charge in [-0.05, 0) is 48.7 Å². The van der Waals surface area contributed by atoms with Crippen LogP contribution >= 0.6 is 0 Å². The van der Waals surface area contributed by atoms with E-state index in [4.69, 9.17) is 0 Å². The molecule has 1 aliphatic carbocycles. The molecule has 2 heterocycles. The normalized spacial score (nSPS) is 28.0. The second kappa shape index (κ2) is 5.84. The van der Waals surface area contributed by atoms with E-state index in [-0.39, 0.29) is 22.7 Å². The van der Waals surface area contributed by atoms with Gasteiger partial charge in [0.2, 0.25) is 0 Å². The third-order valence-corrected chi connectivity index (χ3v) is 7.85. The minimum atomic E-state index is -4.42. The molecular weight excluding hydrogens is 397 g/mol. The summed E-state index contributed by atoms with van der Waals surface area (Å²) in [6, 6.07) is 22.3. The zero-order chi connectivity index (χ0) is 21.6. The minimum absolute atomic E-state index is 0.0156. The summed E-state index contributed by atoms with van der Waals surface area (Å²) >= 11 is 0. The molecular formula is C26H23F3N2. The van der Waals surface area contributed by atoms with Gasteiger partial charge in [0, 0.05) is 16.5 Å². The molecule has 5 heteroatoms. The Morgan fingerprint density at radius 3 is 1.94 bits per heavy atom. The summed E-state index contributed by atoms with van der Waals surface area (Å²) < 4.78 is 42.1. The van der Waals surface area contributed by atoms with E-state index in [0.29, 0.717) is 0 Å². The molecule has 1 fully saturated rings. The Kier molecular flexibility index (Phi) is 3.54. The van der Waals surface area contributed by atoms with Gasteiger partial charge in [-0.1, -0.05) is 56.3 Å². The van der Waals surface area contributed by atoms with Gasteiger partial charge in [0.25, 0.3) is 0 Å². The molecule has 0 amide bonds. The quantitative estimate of drug-likeness (QED) is 0.426. The molecule has 2 aliphatic heterocycles. The van der Waals surface area contributed by atoms with E-state index in [1.54, 1.807) is 12.1 Å². The van der Waals surface area contributed by atoms with Crippen molar-refractivity contribution in [1.82, 2.24) is 0 Å². The number of benzene rings is 3. The maximum absolute atomic E-state index is 14.0. The van der Waals surface area contributed by atoms with Crippen LogP contribution < -0.4 is 9.80 Å². The SMILES string of the molecule is CCC12CC1(C)C1N(c3ccccc3C(F)(F)F)c3ccccc3N1c1ccccc12. The van der Waals surface area contributed by atoms with Gasteiger partial charge in [-0.25, -0.2) is 0 Å². The van der Waals surface area contributed by atoms with Gasteiger partial charge in [-0.15, -0.1) is 0 Å². The van der Waals surface area contributed by atoms with Crippen LogP contribution in [0, 0.1) is 5.41 Å². The van der Waals surface area contributed by atoms with E-state index in [2.05, 4.69) is 36.9 Å². The van der Waals surface area contributed by atoms with Crippen LogP contribution in [0.2, 0.25) is 0 Å². The third kappa shape index (κ3) is 2.19. The summed E-state index contributed by atoms with van der Waals surface area (Å²) in [5.41, 5.74) is 3.70. The summed E-state index contributed by atoms with van der Waals surface area (Å²) in [5.74, 6) is 0. The highest BCUT2D eigenvalue weighted by Crippen LogP contribution is 2.76. The molecule has 3 atom stereocenters. The van der Waals surface area contributed by atoms with E-state index >= 15 is 0 Å². The molecule has 0 bridgehead atoms. The lowest BCUT2D eigenvalue weighted by atomic mass is 9.78. The van der Waals surface area contributed by atoms with Crippen molar-refractivity contribution in [2.24, 2.45) is 5.41 Å². The lowest BCUT2D eigenvalue weighted by Crippen LogP contribution is -2.50. The smallest absolute Gasteiger partial charge is 0.317 e. The van der Waals surface area contributed by atoms with Crippen molar-refractivity contribution in [3.63, 3.8) is 0 Å². The van der Waals surface area contributed by atoms with Gasteiger partial charge < -0.3 is 9.80 Å². The van der Waals surface area contributed by atoms with Gasteiger partial charge >= 0.3 is 6.18 Å². The Labute approximate surface area is 179 Å². The maximum atomic E-state index is 14.0. The predicted molar refractivity (Wildman–Crippen MR) is 117 cm³/mol. The van der Waals surface area contributed by atoms with Crippen LogP contribution in [-0.4, -0.2) is 6.17 Å². The number of halogens is 3. The topological polar surface area (TPSA) is 6.48 Å². The zero-order valence-corrected chi connectivity index (χ0v) is 17.4. The third-order valence-electron chi connectivity index (χ3n) is 7.85. The maximum Gasteiger partial charge on any atom is 0.418 e. The first-order chi connectivity index (χ1) is 14.8. The summed E-state index contributed by atoms with van der Waals surface area (Å²) in [6.45, 7) is 4.45. The molecule has 3 unspecified atom stereocenters. The average Bonchev–Trinajstić information content (AvgIpc) is 3.27. The first kappa shape index (κ1) is 18.8. The highest BCUT2D eigenvalue weighted by molar-refractivity contribution is 5.92. The fourth-order valence-corrected chi connectivity index (χ4v) is 6.40. The van der Waals surface area contributed by atoms with Crippen LogP contribution in [-0.2, 0) is 11.6 Å². The van der Waals surface area contributed by atoms with Gasteiger partial charge in [-0.3, -0.25) is 0 Å². The van der Waals surface area contributed by atoms with Gasteiger partial charge in [-0.2, -0.15) is 13.2 Å². The largest absolute Gasteiger partial charge is 0.418 e. The Bertz CT molecular complexity index is 1200. The van der Waals surface area contributed by atoms with Crippen molar-refractivity contribution in [2.75, 3.05) is 9.80 Å². The first-order valence-corrected chi connectivity index (χ1v) is 10.8. The molecule has 3 aromatic carbocycles. The molecule has 3 aromatic rings. The number of nitrogens with zero attached hydrogens (tertiary/aromatic N) is 2. The molecule has 0 aromatic heterocycles. The fourth-order valence-electron chi connectivity index (χ4n) is 6.40. The molecule has 31 heavy (non-hydrogen) atoms. The van der Waals surface area contributed by atoms with Crippen molar-refractivity contribution >= 4 is 22.7 Å². The Morgan fingerprint density at radius 2 is 1.32 bits per heavy atom. The predicted octanol–water partition coefficient (Wildman–Crippen LogP) is 7.39. The highest BCUT2D eigenvalue weighted by atomic mass is 19.4. The molecule has 0 spiro atoms. The molecule has 0 radical (unpaired) electrons. The van der Waals surface area contributed by atoms with E-state index in [1.165, 1.54) is 17.7 Å². The van der Waals surface area contributed by atoms with E-state index < -0.39 is 11.7 Å². The molecule has 3 aliphatic rings. The molecule has 0 N–H and O–H groups in total. The number of alkyl halides is 3. The molecule has 158 valence electrons. The summed E-state index contributed by atoms with van der Waals surface area (Å²) in [6.07, 6.45) is -2.69. The van der Waals surface area contributed by atoms with Crippen molar-refractivity contribution in [3.8, 4) is 0 Å². The zero-order valence-electron chi connectivity index (χ0n) is 17.4. The lowest BCUT2D eigenvalue weighted by Gasteiger charge is -2.45. The van der Waals surface area contributed by atoms with Gasteiger partial charge in [0.1, 0.15) is 6.17 Å². The second-order valence-electron chi connectivity index (χ2n) is 9.16. The lowest BCUT2D eigenvalue weighted by molar-refractivity contribution is -0.137. The Balaban J connectivity index is 1.66. The van der Waals surface area contributed by atoms with Crippen LogP contribution in [0.4, 0.5) is 35.9 Å². The summed E-state index contributed by atoms with van der Waals surface area (Å²) in [4.78, 5) is 4.23. The number of hydrogen-bond acceptors (Lipinski definition) is 2. The van der Waals surface area contributed by atoms with Crippen molar-refractivity contribution in [2.45, 2.75) is 44.4 Å². The van der Waals surface area contributed by atoms with Crippen LogP contribution in [0.5, 0.6) is 0 Å². The average molecular weight is 420 g/mol. The second-order valence-corrected chi connectivity index (χ2v) is 9.16. The molecule has 0 saturated heterocycles. The van der Waals surface area contributed by atoms with Gasteiger partial charge in [0.05, 0.1) is 22.6 Å². The molecule has 2 nitrogen and oxygen atoms in total. The van der Waals surface area contributed by atoms with Crippen LogP contribution in [0.25, 0.3) is 0 Å². The summed E-state index contributed by atoms with van der Waals surface area (Å²) in [7, 11) is 0. The number of anilines is 4. The number of rotatable bonds is 2. The van der Waals surface area contributed by atoms with E-state index in [1.807, 2.05) is 35.2 Å². The monoisotopic (exact) mass is 420 g/mol. The molecule has 1 saturated carbocycles. The van der Waals surface area contributed by atoms with Gasteiger partial charge in [0.15, 0.2) is 0 Å². The van der Waals surface area contributed by atoms with Crippen LogP contribution in [0.1, 0.15) is 37.8 Å². The van der Waals surface area contributed by atoms with E-state index in [0.717, 1.165) is 29.9 Å². The summed E-state index contributed by atoms with van der Waals surface area (Å²) in [5, 5.41) is 0. The number of hydrogen-bond donors (Lipinski definition) is 0. The Hall–Kier alpha value is -2.95.